The summed E-state index contributed by atoms with van der Waals surface area (Å²) in [5, 5.41) is 0. The minimum absolute atomic E-state index is 0.158. The zero-order valence-electron chi connectivity index (χ0n) is 10.5. The van der Waals surface area contributed by atoms with Gasteiger partial charge in [0.25, 0.3) is 0 Å². The van der Waals surface area contributed by atoms with Gasteiger partial charge in [-0.2, -0.15) is 0 Å². The van der Waals surface area contributed by atoms with E-state index in [9.17, 15) is 15.9 Å². The molecule has 94 valence electrons. The standard InChI is InChI=1S/2C5H11.Cr.2H2O.2O/c2*1-4-5(2)3;;;;;/h2*4H2,1-3H3;;2*1H2;;/q;;+2;;;;/p-2. The molecule has 0 aromatic carbocycles. The Balaban J connectivity index is 6.27. The minimum atomic E-state index is -7.23. The van der Waals surface area contributed by atoms with Crippen LogP contribution in [-0.2, 0) is 19.1 Å². The van der Waals surface area contributed by atoms with E-state index in [1.54, 1.807) is 13.8 Å². The summed E-state index contributed by atoms with van der Waals surface area (Å²) < 4.78 is 42.1. The molecule has 0 rings (SSSR count). The fourth-order valence-corrected chi connectivity index (χ4v) is 5.72. The zero-order chi connectivity index (χ0) is 12.8. The molecule has 4 nitrogen and oxygen atoms in total. The maximum atomic E-state index is 12.5. The third-order valence-corrected chi connectivity index (χ3v) is 12.7. The van der Waals surface area contributed by atoms with E-state index in [1.165, 1.54) is 27.7 Å². The van der Waals surface area contributed by atoms with E-state index < -0.39 is 20.0 Å². The van der Waals surface area contributed by atoms with Crippen LogP contribution in [-0.4, -0.2) is 8.32 Å². The van der Waals surface area contributed by atoms with Crippen LogP contribution in [0.1, 0.15) is 54.4 Å². The summed E-state index contributed by atoms with van der Waals surface area (Å²) in [6.07, 6.45) is 0.317. The molecule has 0 aliphatic heterocycles. The quantitative estimate of drug-likeness (QED) is 0.815. The van der Waals surface area contributed by atoms with Crippen molar-refractivity contribution in [2.45, 2.75) is 62.9 Å². The molecule has 0 atom stereocenters. The Morgan fingerprint density at radius 3 is 1.20 bits per heavy atom. The molecule has 0 aromatic heterocycles. The van der Waals surface area contributed by atoms with Crippen molar-refractivity contribution in [1.82, 2.24) is 0 Å². The first-order valence-corrected chi connectivity index (χ1v) is 8.68. The average Bonchev–Trinajstić information content (AvgIpc) is 2.01. The normalized spacial score (nSPS) is 19.5. The van der Waals surface area contributed by atoms with Crippen molar-refractivity contribution in [2.75, 3.05) is 0 Å². The van der Waals surface area contributed by atoms with Crippen molar-refractivity contribution in [2.24, 2.45) is 0 Å². The molecule has 0 aromatic rings. The molecular formula is C10H24CrO4. The van der Waals surface area contributed by atoms with E-state index in [1.807, 2.05) is 0 Å². The molecule has 0 aliphatic carbocycles. The molecule has 2 N–H and O–H groups in total. The first-order valence-electron chi connectivity index (χ1n) is 5.23. The molecule has 0 aliphatic rings. The molecule has 0 heterocycles. The first-order chi connectivity index (χ1) is 6.16. The monoisotopic (exact) mass is 260 g/mol. The van der Waals surface area contributed by atoms with E-state index in [2.05, 4.69) is 0 Å². The summed E-state index contributed by atoms with van der Waals surface area (Å²) >= 11 is -7.23. The Labute approximate surface area is 90.7 Å². The SMILES string of the molecule is CC[C](C)(C)[Cr](=[O])(=[O])([OH])([OH])[C](C)(C)CC. The maximum absolute atomic E-state index is 12.5. The number of hydrogen-bond acceptors (Lipinski definition) is 2. The molecule has 0 fully saturated rings. The second-order valence-corrected chi connectivity index (χ2v) is 12.8. The summed E-state index contributed by atoms with van der Waals surface area (Å²) in [4.78, 5) is 0. The van der Waals surface area contributed by atoms with Gasteiger partial charge in [-0.25, -0.2) is 0 Å². The van der Waals surface area contributed by atoms with Crippen LogP contribution in [0.3, 0.4) is 0 Å². The number of hydrogen-bond donors (Lipinski definition) is 2. The predicted octanol–water partition coefficient (Wildman–Crippen LogP) is 2.93. The topological polar surface area (TPSA) is 74.6 Å². The fourth-order valence-electron chi connectivity index (χ4n) is 1.39. The molecule has 15 heavy (non-hydrogen) atoms. The molecule has 0 radical (unpaired) electrons. The molecule has 0 amide bonds. The van der Waals surface area contributed by atoms with Gasteiger partial charge in [0, 0.05) is 0 Å². The second kappa shape index (κ2) is 2.84. The van der Waals surface area contributed by atoms with Crippen LogP contribution in [0.2, 0.25) is 8.55 Å². The number of rotatable bonds is 4. The molecule has 0 saturated heterocycles. The molecule has 0 spiro atoms. The van der Waals surface area contributed by atoms with Crippen LogP contribution < -0.4 is 0 Å². The Morgan fingerprint density at radius 2 is 1.07 bits per heavy atom. The first kappa shape index (κ1) is 15.1. The van der Waals surface area contributed by atoms with E-state index in [0.717, 1.165) is 0 Å². The third-order valence-electron chi connectivity index (χ3n) is 4.15. The van der Waals surface area contributed by atoms with E-state index in [4.69, 9.17) is 0 Å². The van der Waals surface area contributed by atoms with Gasteiger partial charge in [0.2, 0.25) is 0 Å². The summed E-state index contributed by atoms with van der Waals surface area (Å²) in [7, 11) is 0. The average molecular weight is 260 g/mol. The van der Waals surface area contributed by atoms with E-state index >= 15 is 0 Å². The molecule has 0 saturated carbocycles. The van der Waals surface area contributed by atoms with Crippen molar-refractivity contribution >= 4 is 0 Å². The Morgan fingerprint density at radius 1 is 0.867 bits per heavy atom. The second-order valence-electron chi connectivity index (χ2n) is 5.47. The van der Waals surface area contributed by atoms with Gasteiger partial charge in [-0.3, -0.25) is 0 Å². The molecule has 5 heteroatoms. The van der Waals surface area contributed by atoms with E-state index in [0.29, 0.717) is 0 Å². The van der Waals surface area contributed by atoms with Crippen molar-refractivity contribution in [1.29, 1.82) is 0 Å². The Kier molecular flexibility index (Phi) is 2.85. The Bertz CT molecular complexity index is 382. The van der Waals surface area contributed by atoms with Crippen LogP contribution in [0.15, 0.2) is 0 Å². The summed E-state index contributed by atoms with van der Waals surface area (Å²) in [6.45, 7) is 8.71. The van der Waals surface area contributed by atoms with Crippen LogP contribution >= 0.6 is 0 Å². The van der Waals surface area contributed by atoms with Gasteiger partial charge in [-0.15, -0.1) is 0 Å². The third kappa shape index (κ3) is 1.57. The van der Waals surface area contributed by atoms with Crippen LogP contribution in [0.4, 0.5) is 0 Å². The van der Waals surface area contributed by atoms with Crippen molar-refractivity contribution in [3.8, 4) is 0 Å². The molecular weight excluding hydrogens is 236 g/mol. The van der Waals surface area contributed by atoms with Crippen molar-refractivity contribution < 1.29 is 27.4 Å². The summed E-state index contributed by atoms with van der Waals surface area (Å²) in [5.41, 5.74) is 0. The van der Waals surface area contributed by atoms with E-state index in [-0.39, 0.29) is 12.8 Å². The Hall–Kier alpha value is 0.0525. The van der Waals surface area contributed by atoms with Gasteiger partial charge in [0.1, 0.15) is 0 Å². The van der Waals surface area contributed by atoms with Crippen molar-refractivity contribution in [3.05, 3.63) is 0 Å². The predicted molar refractivity (Wildman–Crippen MR) is 54.5 cm³/mol. The van der Waals surface area contributed by atoms with Crippen LogP contribution in [0.5, 0.6) is 0 Å². The molecule has 0 bridgehead atoms. The van der Waals surface area contributed by atoms with Gasteiger partial charge < -0.3 is 0 Å². The van der Waals surface area contributed by atoms with Gasteiger partial charge >= 0.3 is 90.3 Å². The van der Waals surface area contributed by atoms with Crippen molar-refractivity contribution in [3.63, 3.8) is 0 Å². The fraction of sp³-hybridized carbons (Fsp3) is 1.00. The van der Waals surface area contributed by atoms with Crippen LogP contribution in [0, 0.1) is 0 Å². The van der Waals surface area contributed by atoms with Crippen LogP contribution in [0.25, 0.3) is 0 Å². The zero-order valence-corrected chi connectivity index (χ0v) is 11.8. The molecule has 0 unspecified atom stereocenters. The van der Waals surface area contributed by atoms with Gasteiger partial charge in [0.15, 0.2) is 0 Å². The summed E-state index contributed by atoms with van der Waals surface area (Å²) in [6, 6.07) is 0. The summed E-state index contributed by atoms with van der Waals surface area (Å²) in [5.74, 6) is 0. The van der Waals surface area contributed by atoms with Gasteiger partial charge in [-0.05, 0) is 0 Å². The van der Waals surface area contributed by atoms with Gasteiger partial charge in [-0.1, -0.05) is 0 Å². The van der Waals surface area contributed by atoms with Gasteiger partial charge in [0.05, 0.1) is 0 Å².